The molecule has 28 heavy (non-hydrogen) atoms. The summed E-state index contributed by atoms with van der Waals surface area (Å²) in [4.78, 5) is 12.4. The zero-order valence-corrected chi connectivity index (χ0v) is 17.4. The molecule has 0 bridgehead atoms. The van der Waals surface area contributed by atoms with Crippen LogP contribution < -0.4 is 5.32 Å². The predicted molar refractivity (Wildman–Crippen MR) is 107 cm³/mol. The van der Waals surface area contributed by atoms with E-state index in [0.29, 0.717) is 41.9 Å². The molecule has 0 aromatic heterocycles. The number of halogens is 2. The first-order chi connectivity index (χ1) is 13.4. The number of carbonyl (C=O) groups excluding carboxylic acids is 1. The molecule has 0 unspecified atom stereocenters. The van der Waals surface area contributed by atoms with Gasteiger partial charge in [0.15, 0.2) is 0 Å². The molecule has 1 N–H and O–H groups in total. The molecule has 6 nitrogen and oxygen atoms in total. The quantitative estimate of drug-likeness (QED) is 0.703. The summed E-state index contributed by atoms with van der Waals surface area (Å²) < 4.78 is 45.9. The van der Waals surface area contributed by atoms with Crippen LogP contribution in [0, 0.1) is 5.82 Å². The summed E-state index contributed by atoms with van der Waals surface area (Å²) >= 11 is 3.23. The largest absolute Gasteiger partial charge is 0.379 e. The van der Waals surface area contributed by atoms with E-state index in [0.717, 1.165) is 6.07 Å². The van der Waals surface area contributed by atoms with Gasteiger partial charge in [0.25, 0.3) is 5.91 Å². The number of sulfonamides is 1. The van der Waals surface area contributed by atoms with Gasteiger partial charge < -0.3 is 10.1 Å². The second-order valence-electron chi connectivity index (χ2n) is 6.34. The van der Waals surface area contributed by atoms with Crippen LogP contribution in [0.4, 0.5) is 4.39 Å². The lowest BCUT2D eigenvalue weighted by molar-refractivity contribution is 0.0729. The average molecular weight is 471 g/mol. The van der Waals surface area contributed by atoms with Crippen LogP contribution >= 0.6 is 15.9 Å². The van der Waals surface area contributed by atoms with E-state index in [1.807, 2.05) is 0 Å². The lowest BCUT2D eigenvalue weighted by Gasteiger charge is -2.26. The first kappa shape index (κ1) is 20.9. The highest BCUT2D eigenvalue weighted by atomic mass is 79.9. The van der Waals surface area contributed by atoms with E-state index in [4.69, 9.17) is 4.74 Å². The second kappa shape index (κ2) is 9.13. The molecule has 0 spiro atoms. The lowest BCUT2D eigenvalue weighted by atomic mass is 10.1. The Bertz CT molecular complexity index is 962. The van der Waals surface area contributed by atoms with E-state index < -0.39 is 21.7 Å². The number of ether oxygens (including phenoxy) is 1. The highest BCUT2D eigenvalue weighted by Gasteiger charge is 2.25. The molecule has 0 saturated carbocycles. The summed E-state index contributed by atoms with van der Waals surface area (Å²) in [6, 6.07) is 10.9. The summed E-state index contributed by atoms with van der Waals surface area (Å²) in [5.74, 6) is -1.11. The maximum absolute atomic E-state index is 13.4. The molecular formula is C19H20BrFN2O4S. The molecule has 3 rings (SSSR count). The molecule has 2 aromatic carbocycles. The van der Waals surface area contributed by atoms with Gasteiger partial charge in [0.2, 0.25) is 10.0 Å². The monoisotopic (exact) mass is 470 g/mol. The van der Waals surface area contributed by atoms with Crippen LogP contribution in [-0.4, -0.2) is 44.9 Å². The molecule has 1 amide bonds. The molecule has 2 aromatic rings. The van der Waals surface area contributed by atoms with Crippen LogP contribution in [0.1, 0.15) is 21.5 Å². The summed E-state index contributed by atoms with van der Waals surface area (Å²) in [6.07, 6.45) is 0. The maximum atomic E-state index is 13.4. The highest BCUT2D eigenvalue weighted by Crippen LogP contribution is 2.19. The highest BCUT2D eigenvalue weighted by molar-refractivity contribution is 9.10. The molecule has 150 valence electrons. The van der Waals surface area contributed by atoms with Crippen molar-refractivity contribution in [2.24, 2.45) is 0 Å². The molecule has 1 heterocycles. The maximum Gasteiger partial charge on any atom is 0.252 e. The van der Waals surface area contributed by atoms with Gasteiger partial charge in [0.1, 0.15) is 5.82 Å². The fraction of sp³-hybridized carbons (Fsp3) is 0.316. The van der Waals surface area contributed by atoms with Crippen LogP contribution in [0.15, 0.2) is 46.9 Å². The van der Waals surface area contributed by atoms with Gasteiger partial charge in [-0.15, -0.1) is 0 Å². The Balaban J connectivity index is 1.72. The van der Waals surface area contributed by atoms with E-state index in [2.05, 4.69) is 21.2 Å². The third-order valence-electron chi connectivity index (χ3n) is 4.43. The fourth-order valence-electron chi connectivity index (χ4n) is 2.93. The Morgan fingerprint density at radius 3 is 2.54 bits per heavy atom. The minimum Gasteiger partial charge on any atom is -0.379 e. The molecule has 9 heteroatoms. The van der Waals surface area contributed by atoms with Gasteiger partial charge in [0, 0.05) is 24.1 Å². The van der Waals surface area contributed by atoms with Gasteiger partial charge >= 0.3 is 0 Å². The standard InChI is InChI=1S/C19H20BrFN2O4S/c20-18-6-5-16(21)11-17(18)19(24)22-12-14-3-1-2-4-15(14)13-28(25,26)23-7-9-27-10-8-23/h1-6,11H,7-10,12-13H2,(H,22,24). The van der Waals surface area contributed by atoms with Crippen molar-refractivity contribution in [3.05, 3.63) is 69.4 Å². The van der Waals surface area contributed by atoms with Crippen molar-refractivity contribution in [3.63, 3.8) is 0 Å². The van der Waals surface area contributed by atoms with Crippen molar-refractivity contribution >= 4 is 31.9 Å². The number of carbonyl (C=O) groups is 1. The zero-order valence-electron chi connectivity index (χ0n) is 15.0. The van der Waals surface area contributed by atoms with Gasteiger partial charge in [-0.3, -0.25) is 4.79 Å². The summed E-state index contributed by atoms with van der Waals surface area (Å²) in [7, 11) is -3.48. The van der Waals surface area contributed by atoms with Gasteiger partial charge in [-0.1, -0.05) is 24.3 Å². The molecule has 1 aliphatic rings. The van der Waals surface area contributed by atoms with Crippen molar-refractivity contribution in [2.75, 3.05) is 26.3 Å². The normalized spacial score (nSPS) is 15.4. The van der Waals surface area contributed by atoms with Gasteiger partial charge in [-0.25, -0.2) is 12.8 Å². The van der Waals surface area contributed by atoms with E-state index >= 15 is 0 Å². The van der Waals surface area contributed by atoms with Crippen molar-refractivity contribution in [1.82, 2.24) is 9.62 Å². The Morgan fingerprint density at radius 1 is 1.14 bits per heavy atom. The first-order valence-corrected chi connectivity index (χ1v) is 11.1. The zero-order chi connectivity index (χ0) is 20.1. The molecule has 1 aliphatic heterocycles. The number of nitrogens with zero attached hydrogens (tertiary/aromatic N) is 1. The summed E-state index contributed by atoms with van der Waals surface area (Å²) in [6.45, 7) is 1.60. The average Bonchev–Trinajstić information content (AvgIpc) is 2.69. The SMILES string of the molecule is O=C(NCc1ccccc1CS(=O)(=O)N1CCOCC1)c1cc(F)ccc1Br. The van der Waals surface area contributed by atoms with Crippen molar-refractivity contribution in [1.29, 1.82) is 0 Å². The van der Waals surface area contributed by atoms with Gasteiger partial charge in [-0.05, 0) is 45.3 Å². The van der Waals surface area contributed by atoms with Crippen LogP contribution in [0.2, 0.25) is 0 Å². The van der Waals surface area contributed by atoms with Crippen molar-refractivity contribution in [3.8, 4) is 0 Å². The molecule has 0 atom stereocenters. The Kier molecular flexibility index (Phi) is 6.82. The summed E-state index contributed by atoms with van der Waals surface area (Å²) in [5, 5.41) is 2.72. The van der Waals surface area contributed by atoms with Gasteiger partial charge in [-0.2, -0.15) is 4.31 Å². The van der Waals surface area contributed by atoms with Crippen LogP contribution in [0.5, 0.6) is 0 Å². The number of hydrogen-bond donors (Lipinski definition) is 1. The smallest absolute Gasteiger partial charge is 0.252 e. The number of morpholine rings is 1. The van der Waals surface area contributed by atoms with Crippen LogP contribution in [0.25, 0.3) is 0 Å². The number of rotatable bonds is 6. The Hall–Kier alpha value is -1.81. The van der Waals surface area contributed by atoms with Crippen LogP contribution in [-0.2, 0) is 27.1 Å². The minimum atomic E-state index is -3.48. The third kappa shape index (κ3) is 5.16. The lowest BCUT2D eigenvalue weighted by Crippen LogP contribution is -2.41. The number of hydrogen-bond acceptors (Lipinski definition) is 4. The number of amides is 1. The molecular weight excluding hydrogens is 451 g/mol. The van der Waals surface area contributed by atoms with Crippen LogP contribution in [0.3, 0.4) is 0 Å². The predicted octanol–water partition coefficient (Wildman–Crippen LogP) is 2.68. The summed E-state index contributed by atoms with van der Waals surface area (Å²) in [5.41, 5.74) is 1.49. The number of nitrogens with one attached hydrogen (secondary N) is 1. The fourth-order valence-corrected chi connectivity index (χ4v) is 4.91. The molecule has 1 fully saturated rings. The van der Waals surface area contributed by atoms with E-state index in [1.165, 1.54) is 16.4 Å². The number of benzene rings is 2. The minimum absolute atomic E-state index is 0.136. The van der Waals surface area contributed by atoms with E-state index in [9.17, 15) is 17.6 Å². The topological polar surface area (TPSA) is 75.7 Å². The van der Waals surface area contributed by atoms with Crippen molar-refractivity contribution < 1.29 is 22.3 Å². The first-order valence-electron chi connectivity index (χ1n) is 8.72. The molecule has 0 aliphatic carbocycles. The van der Waals surface area contributed by atoms with Crippen molar-refractivity contribution in [2.45, 2.75) is 12.3 Å². The molecule has 0 radical (unpaired) electrons. The molecule has 1 saturated heterocycles. The van der Waals surface area contributed by atoms with E-state index in [1.54, 1.807) is 24.3 Å². The van der Waals surface area contributed by atoms with E-state index in [-0.39, 0.29) is 17.9 Å². The Labute approximate surface area is 171 Å². The van der Waals surface area contributed by atoms with Gasteiger partial charge in [0.05, 0.1) is 24.5 Å². The third-order valence-corrected chi connectivity index (χ3v) is 6.95. The Morgan fingerprint density at radius 2 is 1.82 bits per heavy atom. The second-order valence-corrected chi connectivity index (χ2v) is 9.17.